The Morgan fingerprint density at radius 2 is 1.83 bits per heavy atom. The number of hydrogen-bond donors (Lipinski definition) is 1. The van der Waals surface area contributed by atoms with Crippen LogP contribution < -0.4 is 0 Å². The Hall–Kier alpha value is -3.12. The van der Waals surface area contributed by atoms with Gasteiger partial charge in [-0.25, -0.2) is 4.79 Å². The molecule has 1 saturated heterocycles. The highest BCUT2D eigenvalue weighted by Crippen LogP contribution is 2.44. The highest BCUT2D eigenvalue weighted by Gasteiger charge is 2.42. The molecule has 4 aliphatic rings. The van der Waals surface area contributed by atoms with Crippen LogP contribution in [0.3, 0.4) is 0 Å². The van der Waals surface area contributed by atoms with Crippen LogP contribution in [0.5, 0.6) is 0 Å². The zero-order chi connectivity index (χ0) is 23.6. The van der Waals surface area contributed by atoms with Crippen molar-refractivity contribution in [2.45, 2.75) is 69.1 Å². The van der Waals surface area contributed by atoms with Crippen molar-refractivity contribution >= 4 is 22.6 Å². The number of carboxylic acids is 1. The molecular weight excluding hydrogens is 438 g/mol. The lowest BCUT2D eigenvalue weighted by Crippen LogP contribution is -2.44. The standard InChI is InChI=1S/C29H31N3O3/c33-28(34)21-5-3-20(4-6-21)26-16-29(35-30-26)11-13-31(14-12-29)17-23-18-32(24-8-9-24)27-10-7-22(15-25(23)27)19-1-2-19/h3-7,10,15,18-19,24H,1-2,8-9,11-14,16-17H2,(H,33,34). The lowest BCUT2D eigenvalue weighted by molar-refractivity contribution is -0.0626. The predicted molar refractivity (Wildman–Crippen MR) is 135 cm³/mol. The van der Waals surface area contributed by atoms with Crippen molar-refractivity contribution < 1.29 is 14.7 Å². The number of carboxylic acid groups (broad SMARTS) is 1. The molecule has 2 aliphatic carbocycles. The summed E-state index contributed by atoms with van der Waals surface area (Å²) in [5.74, 6) is -0.130. The molecule has 35 heavy (non-hydrogen) atoms. The van der Waals surface area contributed by atoms with E-state index in [9.17, 15) is 4.79 Å². The maximum atomic E-state index is 11.1. The van der Waals surface area contributed by atoms with Crippen molar-refractivity contribution in [3.63, 3.8) is 0 Å². The lowest BCUT2D eigenvalue weighted by atomic mass is 9.85. The minimum atomic E-state index is -0.908. The summed E-state index contributed by atoms with van der Waals surface area (Å²) in [7, 11) is 0. The largest absolute Gasteiger partial charge is 0.478 e. The topological polar surface area (TPSA) is 67.1 Å². The normalized spacial score (nSPS) is 21.9. The van der Waals surface area contributed by atoms with Crippen LogP contribution in [0.25, 0.3) is 10.9 Å². The Balaban J connectivity index is 1.04. The van der Waals surface area contributed by atoms with Crippen molar-refractivity contribution in [2.24, 2.45) is 5.16 Å². The molecule has 2 saturated carbocycles. The van der Waals surface area contributed by atoms with Crippen molar-refractivity contribution in [1.82, 2.24) is 9.47 Å². The Kier molecular flexibility index (Phi) is 4.81. The molecule has 0 unspecified atom stereocenters. The molecule has 1 aromatic heterocycles. The number of nitrogens with zero attached hydrogens (tertiary/aromatic N) is 3. The van der Waals surface area contributed by atoms with Gasteiger partial charge in [-0.15, -0.1) is 0 Å². The second kappa shape index (κ2) is 7.95. The van der Waals surface area contributed by atoms with Crippen molar-refractivity contribution in [2.75, 3.05) is 13.1 Å². The molecule has 0 atom stereocenters. The van der Waals surface area contributed by atoms with E-state index in [-0.39, 0.29) is 5.60 Å². The fourth-order valence-electron chi connectivity index (χ4n) is 5.90. The Labute approximate surface area is 205 Å². The first-order valence-electron chi connectivity index (χ1n) is 13.0. The first kappa shape index (κ1) is 21.2. The summed E-state index contributed by atoms with van der Waals surface area (Å²) >= 11 is 0. The van der Waals surface area contributed by atoms with Crippen LogP contribution in [0.1, 0.15) is 84.0 Å². The van der Waals surface area contributed by atoms with Gasteiger partial charge in [-0.05, 0) is 72.6 Å². The molecule has 0 radical (unpaired) electrons. The van der Waals surface area contributed by atoms with Gasteiger partial charge in [-0.3, -0.25) is 4.90 Å². The average Bonchev–Trinajstić information content (AvgIpc) is 3.82. The summed E-state index contributed by atoms with van der Waals surface area (Å²) in [4.78, 5) is 19.7. The van der Waals surface area contributed by atoms with E-state index in [4.69, 9.17) is 9.94 Å². The van der Waals surface area contributed by atoms with E-state index in [2.05, 4.69) is 39.0 Å². The molecule has 1 N–H and O–H groups in total. The Bertz CT molecular complexity index is 1320. The van der Waals surface area contributed by atoms with E-state index >= 15 is 0 Å². The fraction of sp³-hybridized carbons (Fsp3) is 0.448. The maximum Gasteiger partial charge on any atom is 0.335 e. The summed E-state index contributed by atoms with van der Waals surface area (Å²) in [5, 5.41) is 15.0. The molecule has 3 heterocycles. The van der Waals surface area contributed by atoms with E-state index in [0.717, 1.165) is 56.1 Å². The van der Waals surface area contributed by atoms with E-state index in [1.54, 1.807) is 12.1 Å². The van der Waals surface area contributed by atoms with Gasteiger partial charge in [0.05, 0.1) is 11.3 Å². The van der Waals surface area contributed by atoms with Gasteiger partial charge >= 0.3 is 5.97 Å². The molecule has 0 bridgehead atoms. The number of fused-ring (bicyclic) bond motifs is 1. The van der Waals surface area contributed by atoms with E-state index in [1.165, 1.54) is 47.7 Å². The first-order chi connectivity index (χ1) is 17.1. The second-order valence-corrected chi connectivity index (χ2v) is 11.0. The smallest absolute Gasteiger partial charge is 0.335 e. The van der Waals surface area contributed by atoms with Gasteiger partial charge in [-0.2, -0.15) is 0 Å². The highest BCUT2D eigenvalue weighted by molar-refractivity contribution is 6.02. The predicted octanol–water partition coefficient (Wildman–Crippen LogP) is 5.71. The molecule has 2 aliphatic heterocycles. The maximum absolute atomic E-state index is 11.1. The molecule has 6 nitrogen and oxygen atoms in total. The first-order valence-corrected chi connectivity index (χ1v) is 13.0. The van der Waals surface area contributed by atoms with Crippen LogP contribution >= 0.6 is 0 Å². The molecule has 3 aromatic rings. The van der Waals surface area contributed by atoms with Gasteiger partial charge in [0.15, 0.2) is 0 Å². The Morgan fingerprint density at radius 1 is 1.06 bits per heavy atom. The minimum absolute atomic E-state index is 0.224. The zero-order valence-corrected chi connectivity index (χ0v) is 19.9. The quantitative estimate of drug-likeness (QED) is 0.502. The van der Waals surface area contributed by atoms with E-state index < -0.39 is 5.97 Å². The molecule has 6 heteroatoms. The summed E-state index contributed by atoms with van der Waals surface area (Å²) in [5.41, 5.74) is 6.34. The monoisotopic (exact) mass is 469 g/mol. The van der Waals surface area contributed by atoms with Gasteiger partial charge < -0.3 is 14.5 Å². The van der Waals surface area contributed by atoms with Crippen LogP contribution in [-0.2, 0) is 11.4 Å². The van der Waals surface area contributed by atoms with Gasteiger partial charge in [0, 0.05) is 62.0 Å². The van der Waals surface area contributed by atoms with Gasteiger partial charge in [0.1, 0.15) is 5.60 Å². The molecule has 1 spiro atoms. The van der Waals surface area contributed by atoms with Gasteiger partial charge in [0.25, 0.3) is 0 Å². The zero-order valence-electron chi connectivity index (χ0n) is 19.9. The van der Waals surface area contributed by atoms with Crippen LogP contribution in [-0.4, -0.2) is 44.9 Å². The molecule has 0 amide bonds. The highest BCUT2D eigenvalue weighted by atomic mass is 16.7. The average molecular weight is 470 g/mol. The number of aromatic carboxylic acids is 1. The number of rotatable bonds is 6. The lowest BCUT2D eigenvalue weighted by Gasteiger charge is -2.37. The van der Waals surface area contributed by atoms with Crippen LogP contribution in [0, 0.1) is 0 Å². The van der Waals surface area contributed by atoms with E-state index in [0.29, 0.717) is 11.6 Å². The third kappa shape index (κ3) is 3.94. The summed E-state index contributed by atoms with van der Waals surface area (Å²) in [6, 6.07) is 14.8. The van der Waals surface area contributed by atoms with Crippen molar-refractivity contribution in [1.29, 1.82) is 0 Å². The third-order valence-electron chi connectivity index (χ3n) is 8.39. The Morgan fingerprint density at radius 3 is 2.51 bits per heavy atom. The van der Waals surface area contributed by atoms with Crippen LogP contribution in [0.2, 0.25) is 0 Å². The minimum Gasteiger partial charge on any atom is -0.478 e. The fourth-order valence-corrected chi connectivity index (χ4v) is 5.90. The summed E-state index contributed by atoms with van der Waals surface area (Å²) in [6.07, 6.45) is 10.4. The second-order valence-electron chi connectivity index (χ2n) is 11.0. The number of hydrogen-bond acceptors (Lipinski definition) is 4. The molecule has 3 fully saturated rings. The number of oxime groups is 1. The number of likely N-dealkylation sites (tertiary alicyclic amines) is 1. The number of carbonyl (C=O) groups is 1. The van der Waals surface area contributed by atoms with Crippen molar-refractivity contribution in [3.8, 4) is 0 Å². The molecule has 7 rings (SSSR count). The number of aromatic nitrogens is 1. The molecule has 2 aromatic carbocycles. The summed E-state index contributed by atoms with van der Waals surface area (Å²) in [6.45, 7) is 2.99. The van der Waals surface area contributed by atoms with Crippen LogP contribution in [0.15, 0.2) is 53.8 Å². The van der Waals surface area contributed by atoms with Gasteiger partial charge in [-0.1, -0.05) is 23.4 Å². The number of piperidine rings is 1. The summed E-state index contributed by atoms with van der Waals surface area (Å²) < 4.78 is 2.53. The molecule has 180 valence electrons. The SMILES string of the molecule is O=C(O)c1ccc(C2=NOC3(CCN(Cc4cn(C5CC5)c5ccc(C6CC6)cc45)CC3)C2)cc1. The number of benzene rings is 2. The van der Waals surface area contributed by atoms with Crippen molar-refractivity contribution in [3.05, 3.63) is 70.9 Å². The van der Waals surface area contributed by atoms with Crippen LogP contribution in [0.4, 0.5) is 0 Å². The molecular formula is C29H31N3O3. The third-order valence-corrected chi connectivity index (χ3v) is 8.39. The van der Waals surface area contributed by atoms with Gasteiger partial charge in [0.2, 0.25) is 0 Å². The van der Waals surface area contributed by atoms with E-state index in [1.807, 2.05) is 12.1 Å².